The Bertz CT molecular complexity index is 1100. The summed E-state index contributed by atoms with van der Waals surface area (Å²) in [6, 6.07) is 7.57. The van der Waals surface area contributed by atoms with E-state index in [1.165, 1.54) is 0 Å². The number of amides is 2. The number of likely N-dealkylation sites (tertiary alicyclic amines) is 1. The molecule has 1 aromatic carbocycles. The second-order valence-corrected chi connectivity index (χ2v) is 8.47. The summed E-state index contributed by atoms with van der Waals surface area (Å²) in [7, 11) is 0. The predicted molar refractivity (Wildman–Crippen MR) is 117 cm³/mol. The summed E-state index contributed by atoms with van der Waals surface area (Å²) in [5.41, 5.74) is 1.96. The van der Waals surface area contributed by atoms with Crippen LogP contribution in [0.15, 0.2) is 41.3 Å². The molecule has 2 aromatic heterocycles. The van der Waals surface area contributed by atoms with E-state index in [0.29, 0.717) is 36.5 Å². The average Bonchev–Trinajstić information content (AvgIpc) is 3.40. The van der Waals surface area contributed by atoms with Gasteiger partial charge in [0.25, 0.3) is 5.91 Å². The smallest absolute Gasteiger partial charge is 0.254 e. The van der Waals surface area contributed by atoms with Crippen LogP contribution in [0, 0.1) is 13.8 Å². The van der Waals surface area contributed by atoms with Crippen LogP contribution in [-0.2, 0) is 17.9 Å². The summed E-state index contributed by atoms with van der Waals surface area (Å²) in [6.07, 6.45) is 6.08. The van der Waals surface area contributed by atoms with Crippen molar-refractivity contribution < 1.29 is 14.2 Å². The van der Waals surface area contributed by atoms with Gasteiger partial charge in [0.05, 0.1) is 6.54 Å². The minimum atomic E-state index is -0.924. The van der Waals surface area contributed by atoms with Gasteiger partial charge in [0.2, 0.25) is 5.91 Å². The highest BCUT2D eigenvalue weighted by molar-refractivity contribution is 5.99. The summed E-state index contributed by atoms with van der Waals surface area (Å²) in [5.74, 6) is 0.615. The van der Waals surface area contributed by atoms with Crippen molar-refractivity contribution in [2.24, 2.45) is 0 Å². The van der Waals surface area contributed by atoms with E-state index in [9.17, 15) is 9.59 Å². The second kappa shape index (κ2) is 8.94. The van der Waals surface area contributed by atoms with Gasteiger partial charge in [-0.2, -0.15) is 0 Å². The normalized spacial score (nSPS) is 18.5. The van der Waals surface area contributed by atoms with Crippen molar-refractivity contribution >= 4 is 11.8 Å². The molecule has 0 bridgehead atoms. The first-order chi connectivity index (χ1) is 15.4. The number of carbonyl (C=O) groups is 2. The molecule has 3 heterocycles. The Morgan fingerprint density at radius 2 is 1.94 bits per heavy atom. The lowest BCUT2D eigenvalue weighted by atomic mass is 9.86. The zero-order valence-corrected chi connectivity index (χ0v) is 18.7. The molecule has 0 spiro atoms. The molecule has 9 heteroatoms. The van der Waals surface area contributed by atoms with Gasteiger partial charge in [0, 0.05) is 31.0 Å². The lowest BCUT2D eigenvalue weighted by Gasteiger charge is -2.43. The molecule has 2 amide bonds. The third kappa shape index (κ3) is 4.28. The van der Waals surface area contributed by atoms with Crippen LogP contribution in [0.2, 0.25) is 0 Å². The lowest BCUT2D eigenvalue weighted by Crippen LogP contribution is -2.60. The highest BCUT2D eigenvalue weighted by atomic mass is 16.6. The molecule has 1 unspecified atom stereocenters. The van der Waals surface area contributed by atoms with Crippen LogP contribution in [0.1, 0.15) is 59.3 Å². The lowest BCUT2D eigenvalue weighted by molar-refractivity contribution is -0.133. The monoisotopic (exact) mass is 436 g/mol. The minimum absolute atomic E-state index is 0.132. The first-order valence-electron chi connectivity index (χ1n) is 10.8. The molecule has 1 aliphatic heterocycles. The fraction of sp³-hybridized carbons (Fsp3) is 0.435. The fourth-order valence-electron chi connectivity index (χ4n) is 4.12. The standard InChI is InChI=1S/C23H28N6O3/c1-16-20(27-32-26-16)14-25-22(31)23(3)10-4-5-12-29(23)21(30)19-8-6-18(7-9-19)15-28-13-11-24-17(28)2/h6-9,11,13H,4-5,10,12,14-15H2,1-3H3,(H,25,31). The fourth-order valence-corrected chi connectivity index (χ4v) is 4.12. The molecule has 1 saturated heterocycles. The van der Waals surface area contributed by atoms with Gasteiger partial charge in [0.15, 0.2) is 0 Å². The first kappa shape index (κ1) is 21.7. The highest BCUT2D eigenvalue weighted by Gasteiger charge is 2.43. The third-order valence-corrected chi connectivity index (χ3v) is 6.27. The number of hydrogen-bond donors (Lipinski definition) is 1. The summed E-state index contributed by atoms with van der Waals surface area (Å²) in [5, 5.41) is 10.5. The van der Waals surface area contributed by atoms with Gasteiger partial charge >= 0.3 is 0 Å². The molecule has 0 radical (unpaired) electrons. The third-order valence-electron chi connectivity index (χ3n) is 6.27. The SMILES string of the molecule is Cc1nonc1CNC(=O)C1(C)CCCCN1C(=O)c1ccc(Cn2ccnc2C)cc1. The van der Waals surface area contributed by atoms with E-state index in [1.807, 2.05) is 44.3 Å². The molecule has 168 valence electrons. The molecule has 1 N–H and O–H groups in total. The van der Waals surface area contributed by atoms with Gasteiger partial charge in [-0.25, -0.2) is 9.61 Å². The maximum Gasteiger partial charge on any atom is 0.254 e. The maximum atomic E-state index is 13.4. The zero-order chi connectivity index (χ0) is 22.7. The van der Waals surface area contributed by atoms with Crippen LogP contribution in [0.4, 0.5) is 0 Å². The van der Waals surface area contributed by atoms with Crippen molar-refractivity contribution in [2.45, 2.75) is 58.7 Å². The molecule has 3 aromatic rings. The van der Waals surface area contributed by atoms with Crippen LogP contribution in [0.5, 0.6) is 0 Å². The molecule has 0 saturated carbocycles. The summed E-state index contributed by atoms with van der Waals surface area (Å²) >= 11 is 0. The Kier molecular flexibility index (Phi) is 6.07. The van der Waals surface area contributed by atoms with E-state index in [-0.39, 0.29) is 18.4 Å². The molecular formula is C23H28N6O3. The number of benzene rings is 1. The van der Waals surface area contributed by atoms with Gasteiger partial charge < -0.3 is 14.8 Å². The second-order valence-electron chi connectivity index (χ2n) is 8.47. The Labute approximate surface area is 186 Å². The van der Waals surface area contributed by atoms with Crippen molar-refractivity contribution in [2.75, 3.05) is 6.54 Å². The van der Waals surface area contributed by atoms with Gasteiger partial charge in [-0.15, -0.1) is 0 Å². The van der Waals surface area contributed by atoms with E-state index in [1.54, 1.807) is 18.0 Å². The van der Waals surface area contributed by atoms with Gasteiger partial charge in [0.1, 0.15) is 22.8 Å². The van der Waals surface area contributed by atoms with E-state index in [2.05, 4.69) is 25.2 Å². The van der Waals surface area contributed by atoms with Crippen molar-refractivity contribution in [1.82, 2.24) is 30.1 Å². The van der Waals surface area contributed by atoms with E-state index in [0.717, 1.165) is 24.2 Å². The van der Waals surface area contributed by atoms with Gasteiger partial charge in [-0.1, -0.05) is 22.4 Å². The minimum Gasteiger partial charge on any atom is -0.348 e. The topological polar surface area (TPSA) is 106 Å². The molecule has 0 aliphatic carbocycles. The number of nitrogens with zero attached hydrogens (tertiary/aromatic N) is 5. The van der Waals surface area contributed by atoms with Crippen LogP contribution >= 0.6 is 0 Å². The Morgan fingerprint density at radius 3 is 2.59 bits per heavy atom. The number of nitrogens with one attached hydrogen (secondary N) is 1. The van der Waals surface area contributed by atoms with Crippen LogP contribution in [0.25, 0.3) is 0 Å². The van der Waals surface area contributed by atoms with Crippen LogP contribution in [-0.4, -0.2) is 48.7 Å². The molecule has 1 atom stereocenters. The number of aromatic nitrogens is 4. The number of piperidine rings is 1. The number of carbonyl (C=O) groups excluding carboxylic acids is 2. The molecular weight excluding hydrogens is 408 g/mol. The summed E-state index contributed by atoms with van der Waals surface area (Å²) in [4.78, 5) is 32.5. The van der Waals surface area contributed by atoms with Crippen molar-refractivity contribution in [3.8, 4) is 0 Å². The Morgan fingerprint density at radius 1 is 1.16 bits per heavy atom. The van der Waals surface area contributed by atoms with E-state index >= 15 is 0 Å². The van der Waals surface area contributed by atoms with Gasteiger partial charge in [-0.05, 0) is 57.7 Å². The molecule has 9 nitrogen and oxygen atoms in total. The largest absolute Gasteiger partial charge is 0.348 e. The molecule has 1 fully saturated rings. The van der Waals surface area contributed by atoms with Crippen molar-refractivity contribution in [1.29, 1.82) is 0 Å². The number of hydrogen-bond acceptors (Lipinski definition) is 6. The van der Waals surface area contributed by atoms with E-state index in [4.69, 9.17) is 4.63 Å². The maximum absolute atomic E-state index is 13.4. The zero-order valence-electron chi connectivity index (χ0n) is 18.7. The van der Waals surface area contributed by atoms with Crippen LogP contribution < -0.4 is 5.32 Å². The van der Waals surface area contributed by atoms with Gasteiger partial charge in [-0.3, -0.25) is 9.59 Å². The molecule has 1 aliphatic rings. The Balaban J connectivity index is 1.47. The predicted octanol–water partition coefficient (Wildman–Crippen LogP) is 2.63. The Hall–Kier alpha value is -3.49. The van der Waals surface area contributed by atoms with E-state index < -0.39 is 5.54 Å². The first-order valence-corrected chi connectivity index (χ1v) is 10.8. The van der Waals surface area contributed by atoms with Crippen molar-refractivity contribution in [3.63, 3.8) is 0 Å². The molecule has 32 heavy (non-hydrogen) atoms. The number of imidazole rings is 1. The highest BCUT2D eigenvalue weighted by Crippen LogP contribution is 2.30. The quantitative estimate of drug-likeness (QED) is 0.637. The van der Waals surface area contributed by atoms with Crippen LogP contribution in [0.3, 0.4) is 0 Å². The van der Waals surface area contributed by atoms with Crippen molar-refractivity contribution in [3.05, 3.63) is 65.0 Å². The number of rotatable bonds is 6. The average molecular weight is 437 g/mol. The molecule has 4 rings (SSSR count). The summed E-state index contributed by atoms with van der Waals surface area (Å²) in [6.45, 7) is 7.02. The summed E-state index contributed by atoms with van der Waals surface area (Å²) < 4.78 is 6.74. The number of aryl methyl sites for hydroxylation is 2.